The van der Waals surface area contributed by atoms with E-state index in [-0.39, 0.29) is 13.2 Å². The largest absolute Gasteiger partial charge is 0.522 e. The molecule has 0 saturated carbocycles. The van der Waals surface area contributed by atoms with Crippen molar-refractivity contribution < 1.29 is 27.4 Å². The fraction of sp³-hybridized carbons (Fsp3) is 1.00. The van der Waals surface area contributed by atoms with Gasteiger partial charge in [0.25, 0.3) is 0 Å². The van der Waals surface area contributed by atoms with Crippen molar-refractivity contribution in [3.63, 3.8) is 0 Å². The normalized spacial score (nSPS) is 14.4. The van der Waals surface area contributed by atoms with Crippen LogP contribution in [0.4, 0.5) is 13.2 Å². The van der Waals surface area contributed by atoms with Gasteiger partial charge >= 0.3 is 6.36 Å². The highest BCUT2D eigenvalue weighted by atomic mass is 19.4. The molecule has 1 atom stereocenters. The van der Waals surface area contributed by atoms with E-state index in [2.05, 4.69) is 4.74 Å². The summed E-state index contributed by atoms with van der Waals surface area (Å²) in [6.07, 6.45) is -5.58. The van der Waals surface area contributed by atoms with Crippen LogP contribution in [0.3, 0.4) is 0 Å². The molecule has 0 aromatic heterocycles. The van der Waals surface area contributed by atoms with Crippen LogP contribution in [0.15, 0.2) is 0 Å². The Hall–Kier alpha value is -0.330. The standard InChI is InChI=1S/C8H15F3O3/c1-3-12-4-5-13-6-7(2)14-8(9,10)11/h7H,3-6H2,1-2H3. The third kappa shape index (κ3) is 9.76. The molecule has 0 spiro atoms. The minimum absolute atomic E-state index is 0.0907. The quantitative estimate of drug-likeness (QED) is 0.609. The molecule has 0 aliphatic carbocycles. The van der Waals surface area contributed by atoms with Gasteiger partial charge in [0.2, 0.25) is 0 Å². The molecule has 0 radical (unpaired) electrons. The third-order valence-electron chi connectivity index (χ3n) is 1.26. The fourth-order valence-corrected chi connectivity index (χ4v) is 0.774. The lowest BCUT2D eigenvalue weighted by Gasteiger charge is -2.14. The SMILES string of the molecule is CCOCCOCC(C)OC(F)(F)F. The Balaban J connectivity index is 3.31. The molecule has 0 heterocycles. The Bertz CT molecular complexity index is 138. The van der Waals surface area contributed by atoms with Gasteiger partial charge in [-0.25, -0.2) is 0 Å². The molecule has 3 nitrogen and oxygen atoms in total. The van der Waals surface area contributed by atoms with Crippen LogP contribution in [-0.2, 0) is 14.2 Å². The second-order valence-corrected chi connectivity index (χ2v) is 2.65. The Labute approximate surface area is 81.1 Å². The molecule has 0 amide bonds. The first-order valence-corrected chi connectivity index (χ1v) is 4.35. The van der Waals surface area contributed by atoms with E-state index in [9.17, 15) is 13.2 Å². The van der Waals surface area contributed by atoms with Crippen molar-refractivity contribution in [2.24, 2.45) is 0 Å². The molecule has 86 valence electrons. The van der Waals surface area contributed by atoms with Crippen LogP contribution in [0, 0.1) is 0 Å². The molecule has 6 heteroatoms. The smallest absolute Gasteiger partial charge is 0.379 e. The molecule has 0 saturated heterocycles. The summed E-state index contributed by atoms with van der Waals surface area (Å²) in [6.45, 7) is 4.27. The van der Waals surface area contributed by atoms with Crippen LogP contribution in [-0.4, -0.2) is 38.9 Å². The summed E-state index contributed by atoms with van der Waals surface area (Å²) in [6, 6.07) is 0. The highest BCUT2D eigenvalue weighted by molar-refractivity contribution is 4.48. The highest BCUT2D eigenvalue weighted by Crippen LogP contribution is 2.18. The van der Waals surface area contributed by atoms with E-state index >= 15 is 0 Å². The minimum Gasteiger partial charge on any atom is -0.379 e. The number of alkyl halides is 3. The molecule has 0 fully saturated rings. The second-order valence-electron chi connectivity index (χ2n) is 2.65. The van der Waals surface area contributed by atoms with Gasteiger partial charge in [0.05, 0.1) is 25.9 Å². The lowest BCUT2D eigenvalue weighted by Crippen LogP contribution is -2.25. The number of hydrogen-bond donors (Lipinski definition) is 0. The van der Waals surface area contributed by atoms with Gasteiger partial charge in [-0.2, -0.15) is 0 Å². The van der Waals surface area contributed by atoms with E-state index in [1.165, 1.54) is 6.92 Å². The number of ether oxygens (including phenoxy) is 3. The fourth-order valence-electron chi connectivity index (χ4n) is 0.774. The number of halogens is 3. The molecule has 0 bridgehead atoms. The van der Waals surface area contributed by atoms with Gasteiger partial charge in [0, 0.05) is 6.61 Å². The van der Waals surface area contributed by atoms with Crippen LogP contribution >= 0.6 is 0 Å². The monoisotopic (exact) mass is 216 g/mol. The Kier molecular flexibility index (Phi) is 6.86. The van der Waals surface area contributed by atoms with E-state index in [1.807, 2.05) is 6.92 Å². The molecule has 0 aromatic carbocycles. The maximum Gasteiger partial charge on any atom is 0.522 e. The lowest BCUT2D eigenvalue weighted by atomic mass is 10.4. The molecular weight excluding hydrogens is 201 g/mol. The summed E-state index contributed by atoms with van der Waals surface area (Å²) in [5.41, 5.74) is 0. The molecular formula is C8H15F3O3. The van der Waals surface area contributed by atoms with Crippen LogP contribution < -0.4 is 0 Å². The van der Waals surface area contributed by atoms with Crippen LogP contribution in [0.1, 0.15) is 13.8 Å². The Morgan fingerprint density at radius 1 is 1.14 bits per heavy atom. The molecule has 1 unspecified atom stereocenters. The second kappa shape index (κ2) is 7.03. The van der Waals surface area contributed by atoms with Crippen molar-refractivity contribution >= 4 is 0 Å². The van der Waals surface area contributed by atoms with Gasteiger partial charge in [-0.1, -0.05) is 0 Å². The highest BCUT2D eigenvalue weighted by Gasteiger charge is 2.31. The van der Waals surface area contributed by atoms with Crippen LogP contribution in [0.5, 0.6) is 0 Å². The van der Waals surface area contributed by atoms with Gasteiger partial charge in [-0.3, -0.25) is 4.74 Å². The van der Waals surface area contributed by atoms with Crippen LogP contribution in [0.2, 0.25) is 0 Å². The van der Waals surface area contributed by atoms with E-state index in [1.54, 1.807) is 0 Å². The molecule has 14 heavy (non-hydrogen) atoms. The van der Waals surface area contributed by atoms with Gasteiger partial charge in [-0.05, 0) is 13.8 Å². The molecule has 0 rings (SSSR count). The topological polar surface area (TPSA) is 27.7 Å². The van der Waals surface area contributed by atoms with Crippen LogP contribution in [0.25, 0.3) is 0 Å². The first kappa shape index (κ1) is 13.7. The third-order valence-corrected chi connectivity index (χ3v) is 1.26. The maximum atomic E-state index is 11.6. The lowest BCUT2D eigenvalue weighted by molar-refractivity contribution is -0.343. The summed E-state index contributed by atoms with van der Waals surface area (Å²) in [5.74, 6) is 0. The average molecular weight is 216 g/mol. The van der Waals surface area contributed by atoms with E-state index in [4.69, 9.17) is 9.47 Å². The van der Waals surface area contributed by atoms with Crippen molar-refractivity contribution in [1.29, 1.82) is 0 Å². The number of hydrogen-bond acceptors (Lipinski definition) is 3. The Morgan fingerprint density at radius 2 is 1.71 bits per heavy atom. The van der Waals surface area contributed by atoms with Crippen molar-refractivity contribution in [1.82, 2.24) is 0 Å². The molecule has 0 N–H and O–H groups in total. The van der Waals surface area contributed by atoms with E-state index in [0.29, 0.717) is 13.2 Å². The first-order valence-electron chi connectivity index (χ1n) is 4.35. The molecule has 0 aliphatic rings. The summed E-state index contributed by atoms with van der Waals surface area (Å²) in [4.78, 5) is 0. The Morgan fingerprint density at radius 3 is 2.21 bits per heavy atom. The molecule has 0 aromatic rings. The van der Waals surface area contributed by atoms with Crippen molar-refractivity contribution in [2.75, 3.05) is 26.4 Å². The van der Waals surface area contributed by atoms with Crippen molar-refractivity contribution in [3.05, 3.63) is 0 Å². The summed E-state index contributed by atoms with van der Waals surface area (Å²) in [5, 5.41) is 0. The van der Waals surface area contributed by atoms with Crippen molar-refractivity contribution in [3.8, 4) is 0 Å². The van der Waals surface area contributed by atoms with Gasteiger partial charge in [-0.15, -0.1) is 13.2 Å². The zero-order chi connectivity index (χ0) is 11.0. The predicted octanol–water partition coefficient (Wildman–Crippen LogP) is 1.96. The number of rotatable bonds is 7. The van der Waals surface area contributed by atoms with Gasteiger partial charge in [0.1, 0.15) is 0 Å². The summed E-state index contributed by atoms with van der Waals surface area (Å²) >= 11 is 0. The predicted molar refractivity (Wildman–Crippen MR) is 43.9 cm³/mol. The minimum atomic E-state index is -4.59. The summed E-state index contributed by atoms with van der Waals surface area (Å²) < 4.78 is 48.4. The first-order chi connectivity index (χ1) is 6.45. The average Bonchev–Trinajstić information content (AvgIpc) is 2.00. The van der Waals surface area contributed by atoms with Gasteiger partial charge in [0.15, 0.2) is 0 Å². The van der Waals surface area contributed by atoms with E-state index < -0.39 is 12.5 Å². The van der Waals surface area contributed by atoms with E-state index in [0.717, 1.165) is 0 Å². The van der Waals surface area contributed by atoms with Gasteiger partial charge < -0.3 is 9.47 Å². The maximum absolute atomic E-state index is 11.6. The zero-order valence-corrected chi connectivity index (χ0v) is 8.26. The molecule has 0 aliphatic heterocycles. The van der Waals surface area contributed by atoms with Crippen molar-refractivity contribution in [2.45, 2.75) is 26.3 Å². The summed E-state index contributed by atoms with van der Waals surface area (Å²) in [7, 11) is 0. The zero-order valence-electron chi connectivity index (χ0n) is 8.26.